The molecule has 0 amide bonds. The molecule has 8 heteroatoms. The summed E-state index contributed by atoms with van der Waals surface area (Å²) < 4.78 is 24.9. The maximum Gasteiger partial charge on any atom is 0.381 e. The average Bonchev–Trinajstić information content (AvgIpc) is 1.82. The van der Waals surface area contributed by atoms with Gasteiger partial charge in [0.1, 0.15) is 0 Å². The van der Waals surface area contributed by atoms with Crippen molar-refractivity contribution in [1.29, 1.82) is 0 Å². The fraction of sp³-hybridized carbons (Fsp3) is 0. The Hall–Kier alpha value is -0.920. The highest BCUT2D eigenvalue weighted by Gasteiger charge is 2.06. The predicted octanol–water partition coefficient (Wildman–Crippen LogP) is -0.288. The van der Waals surface area contributed by atoms with E-state index in [1.165, 1.54) is 6.20 Å². The molecule has 0 aromatic carbocycles. The van der Waals surface area contributed by atoms with Crippen molar-refractivity contribution in [3.8, 4) is 5.88 Å². The van der Waals surface area contributed by atoms with Gasteiger partial charge in [-0.1, -0.05) is 11.6 Å². The lowest BCUT2D eigenvalue weighted by Crippen LogP contribution is -2.19. The van der Waals surface area contributed by atoms with Gasteiger partial charge in [0.25, 0.3) is 5.88 Å². The van der Waals surface area contributed by atoms with E-state index >= 15 is 0 Å². The number of halogens is 1. The van der Waals surface area contributed by atoms with E-state index in [0.717, 1.165) is 6.20 Å². The summed E-state index contributed by atoms with van der Waals surface area (Å²) in [6.07, 6.45) is 2.31. The lowest BCUT2D eigenvalue weighted by Gasteiger charge is -1.99. The molecule has 1 heterocycles. The van der Waals surface area contributed by atoms with Gasteiger partial charge in [0.05, 0.1) is 12.4 Å². The lowest BCUT2D eigenvalue weighted by atomic mass is 10.7. The van der Waals surface area contributed by atoms with Gasteiger partial charge in [-0.25, -0.2) is 0 Å². The van der Waals surface area contributed by atoms with E-state index in [1.54, 1.807) is 0 Å². The number of aromatic nitrogens is 2. The van der Waals surface area contributed by atoms with Crippen LogP contribution in [0.5, 0.6) is 5.88 Å². The topological polar surface area (TPSA) is 95.2 Å². The Labute approximate surface area is 73.6 Å². The van der Waals surface area contributed by atoms with Crippen LogP contribution in [0.3, 0.4) is 0 Å². The molecule has 1 rings (SSSR count). The molecule has 12 heavy (non-hydrogen) atoms. The molecule has 2 N–H and O–H groups in total. The zero-order valence-corrected chi connectivity index (χ0v) is 7.21. The lowest BCUT2D eigenvalue weighted by molar-refractivity contribution is 0.476. The largest absolute Gasteiger partial charge is 0.381 e. The fourth-order valence-corrected chi connectivity index (χ4v) is 0.943. The molecule has 0 atom stereocenters. The first kappa shape index (κ1) is 9.17. The summed E-state index contributed by atoms with van der Waals surface area (Å²) in [5.74, 6) is -0.259. The van der Waals surface area contributed by atoms with E-state index in [4.69, 9.17) is 11.6 Å². The molecule has 0 fully saturated rings. The molecule has 0 aliphatic carbocycles. The highest BCUT2D eigenvalue weighted by atomic mass is 35.5. The van der Waals surface area contributed by atoms with Crippen LogP contribution in [0.15, 0.2) is 12.4 Å². The predicted molar refractivity (Wildman–Crippen MR) is 40.8 cm³/mol. The molecule has 0 spiro atoms. The van der Waals surface area contributed by atoms with E-state index in [-0.39, 0.29) is 11.0 Å². The van der Waals surface area contributed by atoms with Gasteiger partial charge >= 0.3 is 10.3 Å². The Balaban J connectivity index is 2.91. The van der Waals surface area contributed by atoms with Crippen LogP contribution in [0.1, 0.15) is 0 Å². The van der Waals surface area contributed by atoms with Crippen LogP contribution in [0.4, 0.5) is 0 Å². The van der Waals surface area contributed by atoms with Gasteiger partial charge in [-0.2, -0.15) is 18.5 Å². The number of hydrogen-bond donors (Lipinski definition) is 1. The van der Waals surface area contributed by atoms with Crippen LogP contribution in [0, 0.1) is 0 Å². The van der Waals surface area contributed by atoms with Gasteiger partial charge in [-0.15, -0.1) is 0 Å². The summed E-state index contributed by atoms with van der Waals surface area (Å²) in [6, 6.07) is 0. The third kappa shape index (κ3) is 2.99. The second kappa shape index (κ2) is 3.21. The Morgan fingerprint density at radius 1 is 1.50 bits per heavy atom. The standard InChI is InChI=1S/C4H4ClN3O3S/c5-3-1-7-2-4(8-3)11-12(6,9)10/h1-2H,(H2,6,9,10). The first-order valence-corrected chi connectivity index (χ1v) is 4.52. The maximum absolute atomic E-state index is 10.4. The quantitative estimate of drug-likeness (QED) is 0.722. The summed E-state index contributed by atoms with van der Waals surface area (Å²) in [7, 11) is -4.06. The summed E-state index contributed by atoms with van der Waals surface area (Å²) in [4.78, 5) is 7.01. The van der Waals surface area contributed by atoms with Crippen molar-refractivity contribution in [2.24, 2.45) is 5.14 Å². The van der Waals surface area contributed by atoms with Gasteiger partial charge in [-0.05, 0) is 0 Å². The first-order valence-electron chi connectivity index (χ1n) is 2.67. The zero-order chi connectivity index (χ0) is 9.19. The smallest absolute Gasteiger partial charge is 0.349 e. The molecular formula is C4H4ClN3O3S. The second-order valence-corrected chi connectivity index (χ2v) is 3.30. The number of nitrogens with zero attached hydrogens (tertiary/aromatic N) is 2. The minimum atomic E-state index is -4.06. The van der Waals surface area contributed by atoms with Gasteiger partial charge in [0.2, 0.25) is 0 Å². The molecule has 0 saturated heterocycles. The molecule has 1 aromatic heterocycles. The van der Waals surface area contributed by atoms with E-state index in [2.05, 4.69) is 19.3 Å². The third-order valence-electron chi connectivity index (χ3n) is 0.785. The zero-order valence-electron chi connectivity index (χ0n) is 5.64. The van der Waals surface area contributed by atoms with Crippen molar-refractivity contribution in [3.05, 3.63) is 17.5 Å². The highest BCUT2D eigenvalue weighted by molar-refractivity contribution is 7.84. The number of nitrogens with two attached hydrogens (primary N) is 1. The van der Waals surface area contributed by atoms with Crippen LogP contribution in [-0.4, -0.2) is 18.4 Å². The summed E-state index contributed by atoms with van der Waals surface area (Å²) in [6.45, 7) is 0. The minimum Gasteiger partial charge on any atom is -0.349 e. The Bertz CT molecular complexity index is 379. The molecule has 0 bridgehead atoms. The molecule has 0 aliphatic heterocycles. The van der Waals surface area contributed by atoms with Crippen molar-refractivity contribution >= 4 is 21.9 Å². The summed E-state index contributed by atoms with van der Waals surface area (Å²) in [5.41, 5.74) is 0. The van der Waals surface area contributed by atoms with Crippen molar-refractivity contribution in [2.45, 2.75) is 0 Å². The SMILES string of the molecule is NS(=O)(=O)Oc1cncc(Cl)n1. The molecule has 0 aliphatic rings. The number of rotatable bonds is 2. The monoisotopic (exact) mass is 209 g/mol. The normalized spacial score (nSPS) is 11.2. The average molecular weight is 210 g/mol. The van der Waals surface area contributed by atoms with Crippen LogP contribution < -0.4 is 9.32 Å². The van der Waals surface area contributed by atoms with Gasteiger partial charge in [-0.3, -0.25) is 4.98 Å². The van der Waals surface area contributed by atoms with E-state index in [1.807, 2.05) is 0 Å². The summed E-state index contributed by atoms with van der Waals surface area (Å²) in [5, 5.41) is 4.58. The molecule has 6 nitrogen and oxygen atoms in total. The highest BCUT2D eigenvalue weighted by Crippen LogP contribution is 2.09. The molecule has 1 aromatic rings. The molecule has 0 saturated carbocycles. The van der Waals surface area contributed by atoms with Crippen molar-refractivity contribution in [3.63, 3.8) is 0 Å². The molecule has 66 valence electrons. The van der Waals surface area contributed by atoms with E-state index < -0.39 is 10.3 Å². The molecule has 0 radical (unpaired) electrons. The van der Waals surface area contributed by atoms with Crippen LogP contribution in [0.25, 0.3) is 0 Å². The summed E-state index contributed by atoms with van der Waals surface area (Å²) >= 11 is 5.38. The third-order valence-corrected chi connectivity index (χ3v) is 1.37. The van der Waals surface area contributed by atoms with Crippen molar-refractivity contribution in [1.82, 2.24) is 9.97 Å². The molecular weight excluding hydrogens is 206 g/mol. The van der Waals surface area contributed by atoms with Gasteiger partial charge in [0, 0.05) is 0 Å². The maximum atomic E-state index is 10.4. The Kier molecular flexibility index (Phi) is 2.46. The van der Waals surface area contributed by atoms with Crippen molar-refractivity contribution in [2.75, 3.05) is 0 Å². The second-order valence-electron chi connectivity index (χ2n) is 1.76. The van der Waals surface area contributed by atoms with E-state index in [0.29, 0.717) is 0 Å². The van der Waals surface area contributed by atoms with Gasteiger partial charge < -0.3 is 4.18 Å². The van der Waals surface area contributed by atoms with E-state index in [9.17, 15) is 8.42 Å². The Morgan fingerprint density at radius 3 is 2.67 bits per heavy atom. The van der Waals surface area contributed by atoms with Crippen molar-refractivity contribution < 1.29 is 12.6 Å². The fourth-order valence-electron chi connectivity index (χ4n) is 0.485. The van der Waals surface area contributed by atoms with Crippen LogP contribution in [0.2, 0.25) is 5.15 Å². The van der Waals surface area contributed by atoms with Crippen LogP contribution in [-0.2, 0) is 10.3 Å². The Morgan fingerprint density at radius 2 is 2.17 bits per heavy atom. The molecule has 0 unspecified atom stereocenters. The van der Waals surface area contributed by atoms with Crippen LogP contribution >= 0.6 is 11.6 Å². The first-order chi connectivity index (χ1) is 5.47. The minimum absolute atomic E-state index is 0.0242. The number of hydrogen-bond acceptors (Lipinski definition) is 5. The van der Waals surface area contributed by atoms with Gasteiger partial charge in [0.15, 0.2) is 5.15 Å².